The van der Waals surface area contributed by atoms with Crippen molar-refractivity contribution in [1.29, 1.82) is 0 Å². The predicted molar refractivity (Wildman–Crippen MR) is 81.4 cm³/mol. The van der Waals surface area contributed by atoms with Gasteiger partial charge in [-0.15, -0.1) is 0 Å². The topological polar surface area (TPSA) is 50.3 Å². The third-order valence-electron chi connectivity index (χ3n) is 3.41. The molecule has 1 fully saturated rings. The molecule has 0 bridgehead atoms. The molecule has 1 aromatic rings. The van der Waals surface area contributed by atoms with E-state index in [1.54, 1.807) is 0 Å². The minimum absolute atomic E-state index is 0.315. The molecule has 2 heterocycles. The molecule has 6 heteroatoms. The maximum Gasteiger partial charge on any atom is 0.137 e. The average Bonchev–Trinajstić information content (AvgIpc) is 2.44. The number of hydrogen-bond acceptors (Lipinski definition) is 5. The predicted octanol–water partition coefficient (Wildman–Crippen LogP) is 2.22. The molecule has 1 atom stereocenters. The lowest BCUT2D eigenvalue weighted by molar-refractivity contribution is 0.0368. The summed E-state index contributed by atoms with van der Waals surface area (Å²) < 4.78 is 5.37. The number of hydrogen-bond donors (Lipinski definition) is 1. The summed E-state index contributed by atoms with van der Waals surface area (Å²) in [7, 11) is 0. The van der Waals surface area contributed by atoms with Crippen LogP contribution in [0.15, 0.2) is 6.33 Å². The molecule has 1 N–H and O–H groups in total. The van der Waals surface area contributed by atoms with Crippen LogP contribution in [0.4, 0.5) is 5.82 Å². The highest BCUT2D eigenvalue weighted by atomic mass is 35.5. The SMILES string of the molecule is CCCc1c(Cl)ncnc1NC(C)CN1CCOCC1. The van der Waals surface area contributed by atoms with Gasteiger partial charge in [0, 0.05) is 31.2 Å². The summed E-state index contributed by atoms with van der Waals surface area (Å²) in [6.45, 7) is 8.93. The van der Waals surface area contributed by atoms with Gasteiger partial charge >= 0.3 is 0 Å². The van der Waals surface area contributed by atoms with Crippen LogP contribution in [0.1, 0.15) is 25.8 Å². The largest absolute Gasteiger partial charge is 0.379 e. The molecule has 1 unspecified atom stereocenters. The lowest BCUT2D eigenvalue weighted by Gasteiger charge is -2.29. The Morgan fingerprint density at radius 3 is 2.85 bits per heavy atom. The molecular formula is C14H23ClN4O. The fourth-order valence-electron chi connectivity index (χ4n) is 2.44. The van der Waals surface area contributed by atoms with Crippen molar-refractivity contribution in [3.8, 4) is 0 Å². The highest BCUT2D eigenvalue weighted by Crippen LogP contribution is 2.22. The third-order valence-corrected chi connectivity index (χ3v) is 3.74. The lowest BCUT2D eigenvalue weighted by Crippen LogP contribution is -2.42. The number of ether oxygens (including phenoxy) is 1. The van der Waals surface area contributed by atoms with Gasteiger partial charge in [0.05, 0.1) is 13.2 Å². The van der Waals surface area contributed by atoms with Crippen LogP contribution in [-0.4, -0.2) is 53.8 Å². The molecule has 0 radical (unpaired) electrons. The molecule has 1 saturated heterocycles. The number of morpholine rings is 1. The lowest BCUT2D eigenvalue weighted by atomic mass is 10.1. The highest BCUT2D eigenvalue weighted by Gasteiger charge is 2.16. The van der Waals surface area contributed by atoms with Crippen molar-refractivity contribution in [2.45, 2.75) is 32.7 Å². The van der Waals surface area contributed by atoms with Crippen LogP contribution in [0.3, 0.4) is 0 Å². The normalized spacial score (nSPS) is 17.9. The summed E-state index contributed by atoms with van der Waals surface area (Å²) >= 11 is 6.17. The molecule has 1 aromatic heterocycles. The summed E-state index contributed by atoms with van der Waals surface area (Å²) in [5.74, 6) is 0.868. The Bertz CT molecular complexity index is 424. The first-order valence-corrected chi connectivity index (χ1v) is 7.64. The third kappa shape index (κ3) is 4.30. The van der Waals surface area contributed by atoms with Crippen molar-refractivity contribution in [1.82, 2.24) is 14.9 Å². The van der Waals surface area contributed by atoms with Gasteiger partial charge in [-0.1, -0.05) is 24.9 Å². The second-order valence-corrected chi connectivity index (χ2v) is 5.56. The van der Waals surface area contributed by atoms with Crippen LogP contribution in [0.25, 0.3) is 0 Å². The van der Waals surface area contributed by atoms with Gasteiger partial charge in [0.1, 0.15) is 17.3 Å². The summed E-state index contributed by atoms with van der Waals surface area (Å²) in [5, 5.41) is 4.02. The van der Waals surface area contributed by atoms with Gasteiger partial charge in [-0.2, -0.15) is 0 Å². The maximum absolute atomic E-state index is 6.17. The van der Waals surface area contributed by atoms with Gasteiger partial charge in [0.25, 0.3) is 0 Å². The number of rotatable bonds is 6. The number of aromatic nitrogens is 2. The first-order chi connectivity index (χ1) is 9.70. The zero-order valence-corrected chi connectivity index (χ0v) is 13.0. The Kier molecular flexibility index (Phi) is 6.01. The molecule has 1 aliphatic rings. The van der Waals surface area contributed by atoms with Crippen LogP contribution < -0.4 is 5.32 Å². The molecule has 0 amide bonds. The molecule has 0 aliphatic carbocycles. The summed E-state index contributed by atoms with van der Waals surface area (Å²) in [5.41, 5.74) is 1.02. The quantitative estimate of drug-likeness (QED) is 0.816. The molecule has 1 aliphatic heterocycles. The van der Waals surface area contributed by atoms with Crippen molar-refractivity contribution in [2.75, 3.05) is 38.2 Å². The summed E-state index contributed by atoms with van der Waals surface area (Å²) in [6, 6.07) is 0.315. The minimum atomic E-state index is 0.315. The van der Waals surface area contributed by atoms with E-state index in [0.717, 1.165) is 57.1 Å². The molecule has 2 rings (SSSR count). The van der Waals surface area contributed by atoms with Crippen molar-refractivity contribution in [3.05, 3.63) is 17.0 Å². The van der Waals surface area contributed by atoms with Crippen LogP contribution in [0.5, 0.6) is 0 Å². The smallest absolute Gasteiger partial charge is 0.137 e. The first-order valence-electron chi connectivity index (χ1n) is 7.26. The van der Waals surface area contributed by atoms with E-state index in [0.29, 0.717) is 11.2 Å². The highest BCUT2D eigenvalue weighted by molar-refractivity contribution is 6.30. The molecule has 0 spiro atoms. The second kappa shape index (κ2) is 7.76. The Hall–Kier alpha value is -0.910. The van der Waals surface area contributed by atoms with E-state index < -0.39 is 0 Å². The van der Waals surface area contributed by atoms with Crippen LogP contribution in [-0.2, 0) is 11.2 Å². The summed E-state index contributed by atoms with van der Waals surface area (Å²) in [4.78, 5) is 10.8. The van der Waals surface area contributed by atoms with Gasteiger partial charge in [-0.05, 0) is 13.3 Å². The van der Waals surface area contributed by atoms with Gasteiger partial charge < -0.3 is 10.1 Å². The maximum atomic E-state index is 6.17. The van der Waals surface area contributed by atoms with Crippen LogP contribution in [0.2, 0.25) is 5.15 Å². The Labute approximate surface area is 125 Å². The van der Waals surface area contributed by atoms with Crippen molar-refractivity contribution >= 4 is 17.4 Å². The number of halogens is 1. The second-order valence-electron chi connectivity index (χ2n) is 5.20. The monoisotopic (exact) mass is 298 g/mol. The van der Waals surface area contributed by atoms with E-state index >= 15 is 0 Å². The van der Waals surface area contributed by atoms with Crippen LogP contribution in [0, 0.1) is 0 Å². The first kappa shape index (κ1) is 15.5. The molecule has 5 nitrogen and oxygen atoms in total. The summed E-state index contributed by atoms with van der Waals surface area (Å²) in [6.07, 6.45) is 3.44. The number of anilines is 1. The molecule has 20 heavy (non-hydrogen) atoms. The van der Waals surface area contributed by atoms with E-state index in [-0.39, 0.29) is 0 Å². The van der Waals surface area contributed by atoms with Crippen molar-refractivity contribution in [2.24, 2.45) is 0 Å². The minimum Gasteiger partial charge on any atom is -0.379 e. The Morgan fingerprint density at radius 2 is 2.15 bits per heavy atom. The fourth-order valence-corrected chi connectivity index (χ4v) is 2.66. The number of nitrogens with zero attached hydrogens (tertiary/aromatic N) is 3. The van der Waals surface area contributed by atoms with E-state index in [2.05, 4.69) is 34.0 Å². The zero-order valence-electron chi connectivity index (χ0n) is 12.2. The van der Waals surface area contributed by atoms with Gasteiger partial charge in [0.2, 0.25) is 0 Å². The van der Waals surface area contributed by atoms with E-state index in [4.69, 9.17) is 16.3 Å². The molecule has 112 valence electrons. The van der Waals surface area contributed by atoms with E-state index in [1.165, 1.54) is 6.33 Å². The van der Waals surface area contributed by atoms with Gasteiger partial charge in [0.15, 0.2) is 0 Å². The fraction of sp³-hybridized carbons (Fsp3) is 0.714. The van der Waals surface area contributed by atoms with E-state index in [9.17, 15) is 0 Å². The zero-order chi connectivity index (χ0) is 14.4. The van der Waals surface area contributed by atoms with Crippen molar-refractivity contribution < 1.29 is 4.74 Å². The number of nitrogens with one attached hydrogen (secondary N) is 1. The Morgan fingerprint density at radius 1 is 1.40 bits per heavy atom. The standard InChI is InChI=1S/C14H23ClN4O/c1-3-4-12-13(15)16-10-17-14(12)18-11(2)9-19-5-7-20-8-6-19/h10-11H,3-9H2,1-2H3,(H,16,17,18). The molecule has 0 saturated carbocycles. The Balaban J connectivity index is 1.96. The van der Waals surface area contributed by atoms with Gasteiger partial charge in [-0.25, -0.2) is 9.97 Å². The average molecular weight is 299 g/mol. The van der Waals surface area contributed by atoms with Crippen LogP contribution >= 0.6 is 11.6 Å². The molecule has 0 aromatic carbocycles. The molecular weight excluding hydrogens is 276 g/mol. The van der Waals surface area contributed by atoms with E-state index in [1.807, 2.05) is 0 Å². The van der Waals surface area contributed by atoms with Gasteiger partial charge in [-0.3, -0.25) is 4.90 Å². The van der Waals surface area contributed by atoms with Crippen molar-refractivity contribution in [3.63, 3.8) is 0 Å².